The largest absolute Gasteiger partial charge is 0.478 e. The highest BCUT2D eigenvalue weighted by molar-refractivity contribution is 5.77. The van der Waals surface area contributed by atoms with Crippen LogP contribution in [0.25, 0.3) is 0 Å². The molecule has 0 radical (unpaired) electrons. The maximum absolute atomic E-state index is 12.1. The number of ether oxygens (including phenoxy) is 1. The highest BCUT2D eigenvalue weighted by atomic mass is 16.5. The Morgan fingerprint density at radius 2 is 2.14 bits per heavy atom. The number of aromatic nitrogens is 1. The van der Waals surface area contributed by atoms with E-state index in [1.165, 1.54) is 4.57 Å². The second-order valence-electron chi connectivity index (χ2n) is 5.01. The maximum Gasteiger partial charge on any atom is 0.292 e. The van der Waals surface area contributed by atoms with Crippen LogP contribution < -0.4 is 10.3 Å². The van der Waals surface area contributed by atoms with E-state index < -0.39 is 0 Å². The second-order valence-corrected chi connectivity index (χ2v) is 5.01. The summed E-state index contributed by atoms with van der Waals surface area (Å²) in [6.07, 6.45) is 4.75. The van der Waals surface area contributed by atoms with Gasteiger partial charge in [-0.05, 0) is 31.4 Å². The fourth-order valence-electron chi connectivity index (χ4n) is 2.33. The monoisotopic (exact) mass is 289 g/mol. The van der Waals surface area contributed by atoms with Crippen LogP contribution in [0.4, 0.5) is 0 Å². The normalized spacial score (nSPS) is 14.0. The molecule has 6 nitrogen and oxygen atoms in total. The van der Waals surface area contributed by atoms with Gasteiger partial charge in [0.1, 0.15) is 0 Å². The predicted molar refractivity (Wildman–Crippen MR) is 76.9 cm³/mol. The van der Waals surface area contributed by atoms with Crippen molar-refractivity contribution in [1.82, 2.24) is 9.47 Å². The van der Waals surface area contributed by atoms with Crippen LogP contribution in [0.1, 0.15) is 25.7 Å². The Morgan fingerprint density at radius 1 is 1.38 bits per heavy atom. The van der Waals surface area contributed by atoms with Gasteiger partial charge in [-0.1, -0.05) is 0 Å². The minimum Gasteiger partial charge on any atom is -0.478 e. The van der Waals surface area contributed by atoms with Crippen LogP contribution in [-0.4, -0.2) is 35.1 Å². The first kappa shape index (κ1) is 15.1. The Morgan fingerprint density at radius 3 is 2.86 bits per heavy atom. The fraction of sp³-hybridized carbons (Fsp3) is 0.533. The summed E-state index contributed by atoms with van der Waals surface area (Å²) in [5, 5.41) is 8.51. The highest BCUT2D eigenvalue weighted by Gasteiger charge is 2.18. The van der Waals surface area contributed by atoms with Crippen molar-refractivity contribution in [3.8, 4) is 11.8 Å². The van der Waals surface area contributed by atoms with Crippen LogP contribution in [0, 0.1) is 11.3 Å². The molecule has 1 aromatic heterocycles. The SMILES string of the molecule is N#CCCCn1cccc(OCC(=O)N2CCCC2)c1=O. The first-order valence-electron chi connectivity index (χ1n) is 7.19. The molecule has 2 heterocycles. The van der Waals surface area contributed by atoms with Crippen molar-refractivity contribution in [2.24, 2.45) is 0 Å². The lowest BCUT2D eigenvalue weighted by Gasteiger charge is -2.15. The number of aryl methyl sites for hydroxylation is 1. The van der Waals surface area contributed by atoms with Crippen LogP contribution in [0.2, 0.25) is 0 Å². The zero-order valence-corrected chi connectivity index (χ0v) is 12.0. The summed E-state index contributed by atoms with van der Waals surface area (Å²) in [7, 11) is 0. The molecule has 112 valence electrons. The second kappa shape index (κ2) is 7.48. The third-order valence-electron chi connectivity index (χ3n) is 3.48. The molecule has 21 heavy (non-hydrogen) atoms. The molecule has 6 heteroatoms. The molecule has 0 aromatic carbocycles. The van der Waals surface area contributed by atoms with Crippen molar-refractivity contribution in [1.29, 1.82) is 5.26 Å². The third-order valence-corrected chi connectivity index (χ3v) is 3.48. The number of nitrogens with zero attached hydrogens (tertiary/aromatic N) is 3. The first-order chi connectivity index (χ1) is 10.2. The molecule has 1 amide bonds. The standard InChI is InChI=1S/C15H19N3O3/c16-7-1-2-10-18-11-5-6-13(15(18)20)21-12-14(19)17-8-3-4-9-17/h5-6,11H,1-4,8-10,12H2. The molecular weight excluding hydrogens is 270 g/mol. The van der Waals surface area contributed by atoms with Gasteiger partial charge in [0, 0.05) is 32.3 Å². The van der Waals surface area contributed by atoms with Crippen molar-refractivity contribution in [2.45, 2.75) is 32.2 Å². The van der Waals surface area contributed by atoms with E-state index in [0.29, 0.717) is 19.4 Å². The molecule has 0 N–H and O–H groups in total. The summed E-state index contributed by atoms with van der Waals surface area (Å²) in [6.45, 7) is 1.92. The lowest BCUT2D eigenvalue weighted by atomic mass is 10.3. The van der Waals surface area contributed by atoms with Crippen molar-refractivity contribution < 1.29 is 9.53 Å². The van der Waals surface area contributed by atoms with Gasteiger partial charge in [-0.3, -0.25) is 9.59 Å². The maximum atomic E-state index is 12.1. The lowest BCUT2D eigenvalue weighted by molar-refractivity contribution is -0.132. The molecule has 1 aliphatic heterocycles. The van der Waals surface area contributed by atoms with Crippen molar-refractivity contribution >= 4 is 5.91 Å². The Bertz CT molecular complexity index is 583. The number of rotatable bonds is 6. The predicted octanol–water partition coefficient (Wildman–Crippen LogP) is 1.15. The molecule has 0 spiro atoms. The Hall–Kier alpha value is -2.29. The number of carbonyl (C=O) groups excluding carboxylic acids is 1. The molecule has 0 bridgehead atoms. The average molecular weight is 289 g/mol. The van der Waals surface area contributed by atoms with Crippen molar-refractivity contribution in [3.63, 3.8) is 0 Å². The quantitative estimate of drug-likeness (QED) is 0.736. The average Bonchev–Trinajstić information content (AvgIpc) is 3.02. The zero-order chi connectivity index (χ0) is 15.1. The number of carbonyl (C=O) groups is 1. The van der Waals surface area contributed by atoms with Crippen LogP contribution >= 0.6 is 0 Å². The molecule has 1 saturated heterocycles. The van der Waals surface area contributed by atoms with Gasteiger partial charge in [-0.25, -0.2) is 0 Å². The van der Waals surface area contributed by atoms with Gasteiger partial charge in [0.05, 0.1) is 6.07 Å². The molecule has 2 rings (SSSR count). The van der Waals surface area contributed by atoms with Gasteiger partial charge in [-0.15, -0.1) is 0 Å². The number of likely N-dealkylation sites (tertiary alicyclic amines) is 1. The van der Waals surface area contributed by atoms with Gasteiger partial charge in [0.15, 0.2) is 12.4 Å². The first-order valence-corrected chi connectivity index (χ1v) is 7.19. The summed E-state index contributed by atoms with van der Waals surface area (Å²) in [4.78, 5) is 25.8. The number of hydrogen-bond acceptors (Lipinski definition) is 4. The molecule has 1 aromatic rings. The molecule has 0 atom stereocenters. The lowest BCUT2D eigenvalue weighted by Crippen LogP contribution is -2.33. The number of unbranched alkanes of at least 4 members (excludes halogenated alkanes) is 1. The van der Waals surface area contributed by atoms with Crippen LogP contribution in [0.3, 0.4) is 0 Å². The summed E-state index contributed by atoms with van der Waals surface area (Å²) < 4.78 is 6.88. The van der Waals surface area contributed by atoms with E-state index in [9.17, 15) is 9.59 Å². The third kappa shape index (κ3) is 4.09. The molecule has 0 aliphatic carbocycles. The zero-order valence-electron chi connectivity index (χ0n) is 12.0. The van der Waals surface area contributed by atoms with E-state index in [2.05, 4.69) is 0 Å². The number of pyridine rings is 1. The van der Waals surface area contributed by atoms with Gasteiger partial charge >= 0.3 is 0 Å². The summed E-state index contributed by atoms with van der Waals surface area (Å²) in [6, 6.07) is 5.33. The smallest absolute Gasteiger partial charge is 0.292 e. The van der Waals surface area contributed by atoms with E-state index in [-0.39, 0.29) is 23.8 Å². The molecule has 1 fully saturated rings. The van der Waals surface area contributed by atoms with Crippen LogP contribution in [-0.2, 0) is 11.3 Å². The Balaban J connectivity index is 1.93. The Kier molecular flexibility index (Phi) is 5.38. The van der Waals surface area contributed by atoms with Gasteiger partial charge in [-0.2, -0.15) is 5.26 Å². The van der Waals surface area contributed by atoms with Gasteiger partial charge < -0.3 is 14.2 Å². The van der Waals surface area contributed by atoms with E-state index >= 15 is 0 Å². The minimum atomic E-state index is -0.260. The summed E-state index contributed by atoms with van der Waals surface area (Å²) >= 11 is 0. The number of hydrogen-bond donors (Lipinski definition) is 0. The van der Waals surface area contributed by atoms with E-state index in [0.717, 1.165) is 25.9 Å². The fourth-order valence-corrected chi connectivity index (χ4v) is 2.33. The molecule has 0 unspecified atom stereocenters. The van der Waals surface area contributed by atoms with Crippen LogP contribution in [0.15, 0.2) is 23.1 Å². The van der Waals surface area contributed by atoms with Gasteiger partial charge in [0.2, 0.25) is 0 Å². The number of nitriles is 1. The summed E-state index contributed by atoms with van der Waals surface area (Å²) in [5.41, 5.74) is -0.260. The van der Waals surface area contributed by atoms with E-state index in [1.807, 2.05) is 6.07 Å². The van der Waals surface area contributed by atoms with E-state index in [4.69, 9.17) is 10.00 Å². The van der Waals surface area contributed by atoms with Crippen molar-refractivity contribution in [2.75, 3.05) is 19.7 Å². The van der Waals surface area contributed by atoms with Crippen molar-refractivity contribution in [3.05, 3.63) is 28.7 Å². The van der Waals surface area contributed by atoms with E-state index in [1.54, 1.807) is 23.2 Å². The van der Waals surface area contributed by atoms with Crippen LogP contribution in [0.5, 0.6) is 5.75 Å². The molecular formula is C15H19N3O3. The Labute approximate surface area is 123 Å². The highest BCUT2D eigenvalue weighted by Crippen LogP contribution is 2.09. The minimum absolute atomic E-state index is 0.0771. The molecule has 1 aliphatic rings. The summed E-state index contributed by atoms with van der Waals surface area (Å²) in [5.74, 6) is 0.105. The molecule has 0 saturated carbocycles. The van der Waals surface area contributed by atoms with Gasteiger partial charge in [0.25, 0.3) is 11.5 Å². The topological polar surface area (TPSA) is 75.3 Å². The number of amides is 1.